The lowest BCUT2D eigenvalue weighted by molar-refractivity contribution is 0.0697. The standard InChI is InChI=1S/C24H30N4O3/c1-5-18-19-22(29)26-20(14-6-8-16(9-7-14)23(30)31)27-28(19)21(25-18)15-10-12-17(13-11-15)24(2,3)4/h6-9,15,17H,5,10-13H2,1-4H3,(H,30,31)(H,26,27,29). The van der Waals surface area contributed by atoms with E-state index in [0.717, 1.165) is 37.2 Å². The van der Waals surface area contributed by atoms with E-state index >= 15 is 0 Å². The van der Waals surface area contributed by atoms with Gasteiger partial charge in [-0.2, -0.15) is 0 Å². The molecule has 2 N–H and O–H groups in total. The number of aromatic amines is 1. The molecule has 2 heterocycles. The summed E-state index contributed by atoms with van der Waals surface area (Å²) in [7, 11) is 0. The molecule has 0 amide bonds. The van der Waals surface area contributed by atoms with Crippen molar-refractivity contribution in [3.8, 4) is 11.4 Å². The van der Waals surface area contributed by atoms with Crippen LogP contribution in [-0.4, -0.2) is 30.7 Å². The summed E-state index contributed by atoms with van der Waals surface area (Å²) in [6.45, 7) is 8.92. The minimum absolute atomic E-state index is 0.194. The second-order valence-corrected chi connectivity index (χ2v) is 9.63. The highest BCUT2D eigenvalue weighted by atomic mass is 16.4. The predicted octanol–water partition coefficient (Wildman–Crippen LogP) is 4.67. The Labute approximate surface area is 181 Å². The molecule has 4 rings (SSSR count). The monoisotopic (exact) mass is 422 g/mol. The third-order valence-electron chi connectivity index (χ3n) is 6.66. The molecule has 0 bridgehead atoms. The Morgan fingerprint density at radius 3 is 2.35 bits per heavy atom. The molecule has 0 spiro atoms. The summed E-state index contributed by atoms with van der Waals surface area (Å²) < 4.78 is 1.74. The number of carboxylic acid groups (broad SMARTS) is 1. The molecule has 0 atom stereocenters. The first kappa shape index (κ1) is 21.3. The number of H-pyrrole nitrogens is 1. The van der Waals surface area contributed by atoms with Gasteiger partial charge in [0.05, 0.1) is 11.3 Å². The van der Waals surface area contributed by atoms with Crippen LogP contribution in [0, 0.1) is 11.3 Å². The van der Waals surface area contributed by atoms with Crippen molar-refractivity contribution in [2.45, 2.75) is 65.7 Å². The van der Waals surface area contributed by atoms with Gasteiger partial charge in [-0.25, -0.2) is 14.3 Å². The maximum Gasteiger partial charge on any atom is 0.335 e. The number of benzene rings is 1. The van der Waals surface area contributed by atoms with E-state index in [1.54, 1.807) is 16.6 Å². The van der Waals surface area contributed by atoms with Crippen LogP contribution in [0.25, 0.3) is 16.9 Å². The van der Waals surface area contributed by atoms with E-state index in [4.69, 9.17) is 15.2 Å². The zero-order chi connectivity index (χ0) is 22.3. The zero-order valence-electron chi connectivity index (χ0n) is 18.6. The summed E-state index contributed by atoms with van der Waals surface area (Å²) in [5.74, 6) is 1.27. The molecule has 7 heteroatoms. The van der Waals surface area contributed by atoms with Gasteiger partial charge in [-0.05, 0) is 55.6 Å². The largest absolute Gasteiger partial charge is 0.478 e. The maximum absolute atomic E-state index is 13.0. The SMILES string of the molecule is CCc1nc(C2CCC(C(C)(C)C)CC2)n2nc(-c3ccc(C(=O)O)cc3)[nH]c(=O)c12. The van der Waals surface area contributed by atoms with E-state index in [1.807, 2.05) is 6.92 Å². The van der Waals surface area contributed by atoms with Gasteiger partial charge >= 0.3 is 5.97 Å². The summed E-state index contributed by atoms with van der Waals surface area (Å²) >= 11 is 0. The lowest BCUT2D eigenvalue weighted by Crippen LogP contribution is -2.26. The number of rotatable bonds is 4. The fraction of sp³-hybridized carbons (Fsp3) is 0.500. The number of carbonyl (C=O) groups is 1. The lowest BCUT2D eigenvalue weighted by atomic mass is 9.70. The molecule has 1 aliphatic carbocycles. The number of nitrogens with one attached hydrogen (secondary N) is 1. The van der Waals surface area contributed by atoms with Gasteiger partial charge in [0.25, 0.3) is 5.56 Å². The van der Waals surface area contributed by atoms with Crippen molar-refractivity contribution in [1.29, 1.82) is 0 Å². The first-order valence-electron chi connectivity index (χ1n) is 11.0. The number of fused-ring (bicyclic) bond motifs is 1. The summed E-state index contributed by atoms with van der Waals surface area (Å²) in [6.07, 6.45) is 5.05. The van der Waals surface area contributed by atoms with E-state index in [9.17, 15) is 9.59 Å². The van der Waals surface area contributed by atoms with Gasteiger partial charge in [0.15, 0.2) is 11.3 Å². The normalized spacial score (nSPS) is 19.6. The van der Waals surface area contributed by atoms with Gasteiger partial charge < -0.3 is 10.1 Å². The van der Waals surface area contributed by atoms with Gasteiger partial charge in [-0.3, -0.25) is 4.79 Å². The molecule has 7 nitrogen and oxygen atoms in total. The Morgan fingerprint density at radius 2 is 1.81 bits per heavy atom. The molecule has 1 fully saturated rings. The van der Waals surface area contributed by atoms with Crippen LogP contribution in [0.2, 0.25) is 0 Å². The van der Waals surface area contributed by atoms with Crippen molar-refractivity contribution in [1.82, 2.24) is 19.6 Å². The Bertz CT molecular complexity index is 1160. The number of carboxylic acids is 1. The number of hydrogen-bond acceptors (Lipinski definition) is 4. The average Bonchev–Trinajstić information content (AvgIpc) is 3.12. The van der Waals surface area contributed by atoms with E-state index in [-0.39, 0.29) is 17.0 Å². The molecular formula is C24H30N4O3. The smallest absolute Gasteiger partial charge is 0.335 e. The molecule has 0 saturated heterocycles. The lowest BCUT2D eigenvalue weighted by Gasteiger charge is -2.36. The van der Waals surface area contributed by atoms with Crippen molar-refractivity contribution >= 4 is 11.5 Å². The number of nitrogens with zero attached hydrogens (tertiary/aromatic N) is 3. The highest BCUT2D eigenvalue weighted by Gasteiger charge is 2.32. The molecule has 164 valence electrons. The van der Waals surface area contributed by atoms with Crippen LogP contribution >= 0.6 is 0 Å². The fourth-order valence-electron chi connectivity index (χ4n) is 4.72. The quantitative estimate of drug-likeness (QED) is 0.637. The van der Waals surface area contributed by atoms with Crippen LogP contribution in [0.15, 0.2) is 29.1 Å². The Morgan fingerprint density at radius 1 is 1.16 bits per heavy atom. The van der Waals surface area contributed by atoms with Gasteiger partial charge in [-0.15, -0.1) is 5.10 Å². The maximum atomic E-state index is 13.0. The second-order valence-electron chi connectivity index (χ2n) is 9.63. The number of aryl methyl sites for hydroxylation is 1. The number of hydrogen-bond donors (Lipinski definition) is 2. The summed E-state index contributed by atoms with van der Waals surface area (Å²) in [5, 5.41) is 13.9. The van der Waals surface area contributed by atoms with Crippen molar-refractivity contribution < 1.29 is 9.90 Å². The molecule has 3 aromatic rings. The molecule has 0 aliphatic heterocycles. The van der Waals surface area contributed by atoms with Crippen molar-refractivity contribution in [3.05, 3.63) is 51.7 Å². The average molecular weight is 423 g/mol. The zero-order valence-corrected chi connectivity index (χ0v) is 18.6. The first-order valence-corrected chi connectivity index (χ1v) is 11.0. The first-order chi connectivity index (χ1) is 14.7. The predicted molar refractivity (Wildman–Crippen MR) is 120 cm³/mol. The molecule has 1 aliphatic rings. The highest BCUT2D eigenvalue weighted by Crippen LogP contribution is 2.43. The van der Waals surface area contributed by atoms with E-state index < -0.39 is 5.97 Å². The fourth-order valence-corrected chi connectivity index (χ4v) is 4.72. The molecule has 1 aromatic carbocycles. The van der Waals surface area contributed by atoms with Gasteiger partial charge in [0.1, 0.15) is 5.82 Å². The van der Waals surface area contributed by atoms with Crippen LogP contribution in [0.3, 0.4) is 0 Å². The van der Waals surface area contributed by atoms with Crippen molar-refractivity contribution in [2.24, 2.45) is 11.3 Å². The van der Waals surface area contributed by atoms with Crippen LogP contribution in [0.1, 0.15) is 81.2 Å². The molecule has 2 aromatic heterocycles. The van der Waals surface area contributed by atoms with Crippen molar-refractivity contribution in [2.75, 3.05) is 0 Å². The minimum Gasteiger partial charge on any atom is -0.478 e. The summed E-state index contributed by atoms with van der Waals surface area (Å²) in [6, 6.07) is 6.36. The van der Waals surface area contributed by atoms with Gasteiger partial charge in [0, 0.05) is 11.5 Å². The minimum atomic E-state index is -0.987. The summed E-state index contributed by atoms with van der Waals surface area (Å²) in [4.78, 5) is 31.8. The Balaban J connectivity index is 1.75. The second kappa shape index (κ2) is 7.94. The van der Waals surface area contributed by atoms with E-state index in [0.29, 0.717) is 34.7 Å². The molecule has 1 saturated carbocycles. The van der Waals surface area contributed by atoms with Crippen LogP contribution in [0.4, 0.5) is 0 Å². The van der Waals surface area contributed by atoms with Crippen LogP contribution in [-0.2, 0) is 6.42 Å². The molecule has 31 heavy (non-hydrogen) atoms. The third kappa shape index (κ3) is 4.01. The van der Waals surface area contributed by atoms with Crippen LogP contribution < -0.4 is 5.56 Å². The topological polar surface area (TPSA) is 100 Å². The Hall–Kier alpha value is -2.96. The van der Waals surface area contributed by atoms with Gasteiger partial charge in [0.2, 0.25) is 0 Å². The van der Waals surface area contributed by atoms with E-state index in [1.165, 1.54) is 12.1 Å². The highest BCUT2D eigenvalue weighted by molar-refractivity contribution is 5.88. The van der Waals surface area contributed by atoms with Crippen LogP contribution in [0.5, 0.6) is 0 Å². The third-order valence-corrected chi connectivity index (χ3v) is 6.66. The number of aromatic carboxylic acids is 1. The summed E-state index contributed by atoms with van der Waals surface area (Å²) in [5.41, 5.74) is 2.23. The number of aromatic nitrogens is 4. The molecule has 0 unspecified atom stereocenters. The van der Waals surface area contributed by atoms with Gasteiger partial charge in [-0.1, -0.05) is 39.8 Å². The van der Waals surface area contributed by atoms with E-state index in [2.05, 4.69) is 25.8 Å². The van der Waals surface area contributed by atoms with Crippen molar-refractivity contribution in [3.63, 3.8) is 0 Å². The molecular weight excluding hydrogens is 392 g/mol. The number of imidazole rings is 1. The Kier molecular flexibility index (Phi) is 5.45. The molecule has 0 radical (unpaired) electrons.